The van der Waals surface area contributed by atoms with Gasteiger partial charge in [0.2, 0.25) is 0 Å². The van der Waals surface area contributed by atoms with E-state index >= 15 is 0 Å². The number of nitrogen functional groups attached to an aromatic ring is 2. The van der Waals surface area contributed by atoms with Crippen molar-refractivity contribution in [2.45, 2.75) is 6.42 Å². The number of nitrogens with two attached hydrogens (primary N) is 2. The van der Waals surface area contributed by atoms with Crippen molar-refractivity contribution in [3.05, 3.63) is 17.7 Å². The van der Waals surface area contributed by atoms with E-state index in [2.05, 4.69) is 4.74 Å². The van der Waals surface area contributed by atoms with Crippen LogP contribution in [0.25, 0.3) is 0 Å². The topological polar surface area (TPSA) is 87.6 Å². The van der Waals surface area contributed by atoms with Gasteiger partial charge in [-0.05, 0) is 11.6 Å². The number of ether oxygens (including phenoxy) is 2. The molecule has 0 aliphatic carbocycles. The van der Waals surface area contributed by atoms with E-state index in [4.69, 9.17) is 16.2 Å². The fourth-order valence-corrected chi connectivity index (χ4v) is 1.27. The van der Waals surface area contributed by atoms with E-state index in [9.17, 15) is 4.79 Å². The van der Waals surface area contributed by atoms with Crippen molar-refractivity contribution in [2.75, 3.05) is 25.7 Å². The maximum absolute atomic E-state index is 11.1. The van der Waals surface area contributed by atoms with Gasteiger partial charge in [-0.1, -0.05) is 6.07 Å². The van der Waals surface area contributed by atoms with Crippen molar-refractivity contribution in [3.63, 3.8) is 0 Å². The van der Waals surface area contributed by atoms with Crippen LogP contribution in [0, 0.1) is 0 Å². The van der Waals surface area contributed by atoms with Gasteiger partial charge in [0, 0.05) is 0 Å². The Bertz CT molecular complexity index is 377. The molecule has 15 heavy (non-hydrogen) atoms. The lowest BCUT2D eigenvalue weighted by molar-refractivity contribution is -0.139. The second kappa shape index (κ2) is 4.54. The van der Waals surface area contributed by atoms with Gasteiger partial charge in [-0.2, -0.15) is 0 Å². The molecule has 1 aromatic rings. The third-order valence-electron chi connectivity index (χ3n) is 2.08. The molecular formula is C10H14N2O3. The summed E-state index contributed by atoms with van der Waals surface area (Å²) in [4.78, 5) is 11.1. The van der Waals surface area contributed by atoms with Crippen molar-refractivity contribution in [2.24, 2.45) is 0 Å². The molecule has 0 amide bonds. The number of esters is 1. The first kappa shape index (κ1) is 11.2. The summed E-state index contributed by atoms with van der Waals surface area (Å²) in [5.74, 6) is 0.0462. The van der Waals surface area contributed by atoms with Gasteiger partial charge >= 0.3 is 5.97 Å². The highest BCUT2D eigenvalue weighted by molar-refractivity contribution is 5.79. The van der Waals surface area contributed by atoms with Crippen LogP contribution >= 0.6 is 0 Å². The van der Waals surface area contributed by atoms with Crippen LogP contribution in [0.1, 0.15) is 5.56 Å². The highest BCUT2D eigenvalue weighted by Gasteiger charge is 2.12. The van der Waals surface area contributed by atoms with Gasteiger partial charge in [0.1, 0.15) is 0 Å². The fraction of sp³-hybridized carbons (Fsp3) is 0.300. The number of carbonyl (C=O) groups excluding carboxylic acids is 1. The Balaban J connectivity index is 3.05. The van der Waals surface area contributed by atoms with Crippen molar-refractivity contribution in [1.29, 1.82) is 0 Å². The van der Waals surface area contributed by atoms with Crippen molar-refractivity contribution in [3.8, 4) is 5.75 Å². The summed E-state index contributed by atoms with van der Waals surface area (Å²) < 4.78 is 9.58. The van der Waals surface area contributed by atoms with Crippen LogP contribution in [0.15, 0.2) is 12.1 Å². The molecule has 0 saturated carbocycles. The van der Waals surface area contributed by atoms with E-state index in [0.29, 0.717) is 22.7 Å². The Morgan fingerprint density at radius 2 is 2.00 bits per heavy atom. The molecule has 5 heteroatoms. The minimum atomic E-state index is -0.353. The van der Waals surface area contributed by atoms with Gasteiger partial charge in [0.15, 0.2) is 5.75 Å². The number of hydrogen-bond acceptors (Lipinski definition) is 5. The monoisotopic (exact) mass is 210 g/mol. The smallest absolute Gasteiger partial charge is 0.310 e. The quantitative estimate of drug-likeness (QED) is 0.562. The number of methoxy groups -OCH3 is 2. The van der Waals surface area contributed by atoms with Gasteiger partial charge in [-0.3, -0.25) is 4.79 Å². The maximum Gasteiger partial charge on any atom is 0.310 e. The maximum atomic E-state index is 11.1. The second-order valence-corrected chi connectivity index (χ2v) is 3.01. The van der Waals surface area contributed by atoms with E-state index in [-0.39, 0.29) is 12.4 Å². The molecule has 0 unspecified atom stereocenters. The summed E-state index contributed by atoms with van der Waals surface area (Å²) in [7, 11) is 2.80. The van der Waals surface area contributed by atoms with Gasteiger partial charge in [0.05, 0.1) is 32.0 Å². The Morgan fingerprint density at radius 1 is 1.33 bits per heavy atom. The predicted molar refractivity (Wildman–Crippen MR) is 57.5 cm³/mol. The lowest BCUT2D eigenvalue weighted by Gasteiger charge is -2.11. The molecule has 5 nitrogen and oxygen atoms in total. The molecule has 1 rings (SSSR count). The summed E-state index contributed by atoms with van der Waals surface area (Å²) in [5.41, 5.74) is 12.9. The summed E-state index contributed by atoms with van der Waals surface area (Å²) in [5, 5.41) is 0. The first-order valence-corrected chi connectivity index (χ1v) is 4.37. The summed E-state index contributed by atoms with van der Waals surface area (Å²) >= 11 is 0. The minimum Gasteiger partial charge on any atom is -0.492 e. The SMILES string of the molecule is COC(=O)Cc1ccc(N)c(OC)c1N. The summed E-state index contributed by atoms with van der Waals surface area (Å²) in [6, 6.07) is 3.33. The minimum absolute atomic E-state index is 0.110. The molecule has 82 valence electrons. The normalized spacial score (nSPS) is 9.73. The average Bonchev–Trinajstić information content (AvgIpc) is 2.23. The van der Waals surface area contributed by atoms with Crippen molar-refractivity contribution < 1.29 is 14.3 Å². The second-order valence-electron chi connectivity index (χ2n) is 3.01. The zero-order chi connectivity index (χ0) is 11.4. The van der Waals surface area contributed by atoms with Crippen LogP contribution in [0.2, 0.25) is 0 Å². The van der Waals surface area contributed by atoms with Gasteiger partial charge in [-0.15, -0.1) is 0 Å². The van der Waals surface area contributed by atoms with Gasteiger partial charge < -0.3 is 20.9 Å². The number of benzene rings is 1. The van der Waals surface area contributed by atoms with Crippen LogP contribution in [0.4, 0.5) is 11.4 Å². The number of carbonyl (C=O) groups is 1. The molecule has 0 saturated heterocycles. The lowest BCUT2D eigenvalue weighted by Crippen LogP contribution is -2.08. The van der Waals surface area contributed by atoms with Crippen LogP contribution < -0.4 is 16.2 Å². The number of rotatable bonds is 3. The van der Waals surface area contributed by atoms with E-state index < -0.39 is 0 Å². The fourth-order valence-electron chi connectivity index (χ4n) is 1.27. The molecule has 0 aromatic heterocycles. The standard InChI is InChI=1S/C10H14N2O3/c1-14-8(13)5-6-3-4-7(11)10(15-2)9(6)12/h3-4H,5,11-12H2,1-2H3. The van der Waals surface area contributed by atoms with Gasteiger partial charge in [0.25, 0.3) is 0 Å². The molecule has 0 aliphatic rings. The van der Waals surface area contributed by atoms with E-state index in [1.165, 1.54) is 14.2 Å². The van der Waals surface area contributed by atoms with E-state index in [1.54, 1.807) is 12.1 Å². The summed E-state index contributed by atoms with van der Waals surface area (Å²) in [6.45, 7) is 0. The average molecular weight is 210 g/mol. The molecule has 0 atom stereocenters. The molecule has 0 fully saturated rings. The number of anilines is 2. The van der Waals surface area contributed by atoms with Crippen molar-refractivity contribution >= 4 is 17.3 Å². The summed E-state index contributed by atoms with van der Waals surface area (Å²) in [6.07, 6.45) is 0.110. The van der Waals surface area contributed by atoms with Gasteiger partial charge in [-0.25, -0.2) is 0 Å². The Hall–Kier alpha value is -1.91. The third-order valence-corrected chi connectivity index (χ3v) is 2.08. The van der Waals surface area contributed by atoms with Crippen LogP contribution in [0.5, 0.6) is 5.75 Å². The van der Waals surface area contributed by atoms with Crippen LogP contribution in [-0.4, -0.2) is 20.2 Å². The lowest BCUT2D eigenvalue weighted by atomic mass is 10.1. The predicted octanol–water partition coefficient (Wildman–Crippen LogP) is 0.575. The zero-order valence-corrected chi connectivity index (χ0v) is 8.74. The van der Waals surface area contributed by atoms with Crippen LogP contribution in [0.3, 0.4) is 0 Å². The first-order valence-electron chi connectivity index (χ1n) is 4.37. The Morgan fingerprint density at radius 3 is 2.53 bits per heavy atom. The molecule has 0 heterocycles. The third kappa shape index (κ3) is 2.31. The first-order chi connectivity index (χ1) is 7.10. The Labute approximate surface area is 88.0 Å². The molecular weight excluding hydrogens is 196 g/mol. The highest BCUT2D eigenvalue weighted by Crippen LogP contribution is 2.31. The number of hydrogen-bond donors (Lipinski definition) is 2. The molecule has 4 N–H and O–H groups in total. The van der Waals surface area contributed by atoms with Crippen molar-refractivity contribution in [1.82, 2.24) is 0 Å². The molecule has 0 radical (unpaired) electrons. The van der Waals surface area contributed by atoms with Crippen LogP contribution in [-0.2, 0) is 16.0 Å². The zero-order valence-electron chi connectivity index (χ0n) is 8.74. The largest absolute Gasteiger partial charge is 0.492 e. The van der Waals surface area contributed by atoms with E-state index in [1.807, 2.05) is 0 Å². The highest BCUT2D eigenvalue weighted by atomic mass is 16.5. The molecule has 1 aromatic carbocycles. The molecule has 0 aliphatic heterocycles. The Kier molecular flexibility index (Phi) is 3.38. The molecule has 0 bridgehead atoms. The van der Waals surface area contributed by atoms with E-state index in [0.717, 1.165) is 0 Å². The molecule has 0 spiro atoms.